The maximum atomic E-state index is 13.7. The summed E-state index contributed by atoms with van der Waals surface area (Å²) in [6, 6.07) is 2.73. The minimum Gasteiger partial charge on any atom is -0.330 e. The van der Waals surface area contributed by atoms with Gasteiger partial charge in [0.25, 0.3) is 0 Å². The van der Waals surface area contributed by atoms with E-state index < -0.39 is 11.6 Å². The Morgan fingerprint density at radius 2 is 2.07 bits per heavy atom. The summed E-state index contributed by atoms with van der Waals surface area (Å²) >= 11 is 1.26. The van der Waals surface area contributed by atoms with E-state index in [0.29, 0.717) is 4.90 Å². The van der Waals surface area contributed by atoms with E-state index >= 15 is 0 Å². The molecule has 4 heteroatoms. The van der Waals surface area contributed by atoms with Crippen molar-refractivity contribution in [2.24, 2.45) is 5.73 Å². The lowest BCUT2D eigenvalue weighted by Gasteiger charge is -2.13. The van der Waals surface area contributed by atoms with Gasteiger partial charge in [-0.2, -0.15) is 0 Å². The summed E-state index contributed by atoms with van der Waals surface area (Å²) in [6.07, 6.45) is 1.76. The average molecular weight is 217 g/mol. The minimum absolute atomic E-state index is 0.0966. The highest BCUT2D eigenvalue weighted by atomic mass is 32.2. The third-order valence-corrected chi connectivity index (χ3v) is 2.91. The standard InChI is InChI=1S/C10H13F2NS/c1-6(5-13)9-7(11)3-4-8(14-2)10(9)12/h3-4,6H,5,13H2,1-2H3. The van der Waals surface area contributed by atoms with Crippen molar-refractivity contribution in [2.75, 3.05) is 12.8 Å². The van der Waals surface area contributed by atoms with Gasteiger partial charge in [0.2, 0.25) is 0 Å². The Morgan fingerprint density at radius 3 is 2.57 bits per heavy atom. The third-order valence-electron chi connectivity index (χ3n) is 2.16. The summed E-state index contributed by atoms with van der Waals surface area (Å²) in [6.45, 7) is 1.96. The molecule has 0 bridgehead atoms. The summed E-state index contributed by atoms with van der Waals surface area (Å²) in [5, 5.41) is 0. The number of hydrogen-bond donors (Lipinski definition) is 1. The fourth-order valence-corrected chi connectivity index (χ4v) is 1.77. The van der Waals surface area contributed by atoms with Crippen LogP contribution in [0, 0.1) is 11.6 Å². The predicted octanol–water partition coefficient (Wildman–Crippen LogP) is 2.75. The zero-order valence-corrected chi connectivity index (χ0v) is 9.00. The van der Waals surface area contributed by atoms with Crippen LogP contribution in [-0.2, 0) is 0 Å². The van der Waals surface area contributed by atoms with Gasteiger partial charge in [0.1, 0.15) is 11.6 Å². The Bertz CT molecular complexity index is 328. The van der Waals surface area contributed by atoms with Crippen molar-refractivity contribution in [1.29, 1.82) is 0 Å². The van der Waals surface area contributed by atoms with Crippen molar-refractivity contribution < 1.29 is 8.78 Å². The van der Waals surface area contributed by atoms with Gasteiger partial charge in [-0.05, 0) is 30.9 Å². The Hall–Kier alpha value is -0.610. The van der Waals surface area contributed by atoms with Gasteiger partial charge in [-0.25, -0.2) is 8.78 Å². The van der Waals surface area contributed by atoms with Crippen molar-refractivity contribution >= 4 is 11.8 Å². The summed E-state index contributed by atoms with van der Waals surface area (Å²) < 4.78 is 27.0. The van der Waals surface area contributed by atoms with E-state index in [0.717, 1.165) is 0 Å². The molecular weight excluding hydrogens is 204 g/mol. The number of halogens is 2. The molecule has 14 heavy (non-hydrogen) atoms. The summed E-state index contributed by atoms with van der Waals surface area (Å²) in [5.41, 5.74) is 5.49. The summed E-state index contributed by atoms with van der Waals surface area (Å²) in [5.74, 6) is -1.28. The molecule has 0 aliphatic rings. The van der Waals surface area contributed by atoms with Crippen LogP contribution in [0.25, 0.3) is 0 Å². The zero-order valence-electron chi connectivity index (χ0n) is 8.18. The van der Waals surface area contributed by atoms with Crippen LogP contribution >= 0.6 is 11.8 Å². The van der Waals surface area contributed by atoms with Gasteiger partial charge >= 0.3 is 0 Å². The highest BCUT2D eigenvalue weighted by Gasteiger charge is 2.17. The molecule has 2 N–H and O–H groups in total. The molecular formula is C10H13F2NS. The van der Waals surface area contributed by atoms with E-state index in [1.807, 2.05) is 0 Å². The van der Waals surface area contributed by atoms with E-state index in [1.54, 1.807) is 13.2 Å². The SMILES string of the molecule is CSc1ccc(F)c(C(C)CN)c1F. The van der Waals surface area contributed by atoms with Gasteiger partial charge in [-0.15, -0.1) is 11.8 Å². The normalized spacial score (nSPS) is 12.9. The Morgan fingerprint density at radius 1 is 1.43 bits per heavy atom. The lowest BCUT2D eigenvalue weighted by Crippen LogP contribution is -2.12. The zero-order chi connectivity index (χ0) is 10.7. The molecule has 0 fully saturated rings. The quantitative estimate of drug-likeness (QED) is 0.788. The first kappa shape index (κ1) is 11.5. The maximum Gasteiger partial charge on any atom is 0.143 e. The van der Waals surface area contributed by atoms with Gasteiger partial charge in [0.05, 0.1) is 0 Å². The second kappa shape index (κ2) is 4.75. The van der Waals surface area contributed by atoms with Crippen molar-refractivity contribution in [2.45, 2.75) is 17.7 Å². The van der Waals surface area contributed by atoms with Crippen LogP contribution in [0.3, 0.4) is 0 Å². The van der Waals surface area contributed by atoms with Crippen LogP contribution in [0.1, 0.15) is 18.4 Å². The molecule has 0 heterocycles. The fourth-order valence-electron chi connectivity index (χ4n) is 1.28. The van der Waals surface area contributed by atoms with E-state index in [1.165, 1.54) is 23.9 Å². The molecule has 0 amide bonds. The van der Waals surface area contributed by atoms with Crippen molar-refractivity contribution in [3.8, 4) is 0 Å². The summed E-state index contributed by atoms with van der Waals surface area (Å²) in [4.78, 5) is 0.460. The second-order valence-corrected chi connectivity index (χ2v) is 3.96. The second-order valence-electron chi connectivity index (χ2n) is 3.11. The molecule has 0 radical (unpaired) electrons. The number of benzene rings is 1. The van der Waals surface area contributed by atoms with Crippen molar-refractivity contribution in [1.82, 2.24) is 0 Å². The summed E-state index contributed by atoms with van der Waals surface area (Å²) in [7, 11) is 0. The lowest BCUT2D eigenvalue weighted by molar-refractivity contribution is 0.519. The molecule has 0 saturated carbocycles. The van der Waals surface area contributed by atoms with Crippen LogP contribution in [0.4, 0.5) is 8.78 Å². The highest BCUT2D eigenvalue weighted by Crippen LogP contribution is 2.28. The molecule has 0 aliphatic carbocycles. The molecule has 0 spiro atoms. The molecule has 1 atom stereocenters. The monoisotopic (exact) mass is 217 g/mol. The molecule has 1 nitrogen and oxygen atoms in total. The Kier molecular flexibility index (Phi) is 3.89. The van der Waals surface area contributed by atoms with E-state index in [2.05, 4.69) is 0 Å². The van der Waals surface area contributed by atoms with Crippen molar-refractivity contribution in [3.63, 3.8) is 0 Å². The Labute approximate surface area is 86.7 Å². The van der Waals surface area contributed by atoms with Gasteiger partial charge in [-0.3, -0.25) is 0 Å². The van der Waals surface area contributed by atoms with Crippen LogP contribution in [0.5, 0.6) is 0 Å². The molecule has 0 aromatic heterocycles. The van der Waals surface area contributed by atoms with Crippen LogP contribution in [0.15, 0.2) is 17.0 Å². The lowest BCUT2D eigenvalue weighted by atomic mass is 10.0. The molecule has 0 saturated heterocycles. The first-order valence-electron chi connectivity index (χ1n) is 4.33. The van der Waals surface area contributed by atoms with Crippen molar-refractivity contribution in [3.05, 3.63) is 29.3 Å². The Balaban J connectivity index is 3.25. The first-order chi connectivity index (χ1) is 6.61. The molecule has 1 unspecified atom stereocenters. The number of rotatable bonds is 3. The smallest absolute Gasteiger partial charge is 0.143 e. The molecule has 1 aromatic rings. The van der Waals surface area contributed by atoms with Crippen LogP contribution in [-0.4, -0.2) is 12.8 Å². The molecule has 1 aromatic carbocycles. The van der Waals surface area contributed by atoms with E-state index in [4.69, 9.17) is 5.73 Å². The largest absolute Gasteiger partial charge is 0.330 e. The topological polar surface area (TPSA) is 26.0 Å². The van der Waals surface area contributed by atoms with Gasteiger partial charge in [0, 0.05) is 10.5 Å². The third kappa shape index (κ3) is 2.07. The minimum atomic E-state index is -0.516. The maximum absolute atomic E-state index is 13.7. The van der Waals surface area contributed by atoms with Gasteiger partial charge < -0.3 is 5.73 Å². The van der Waals surface area contributed by atoms with Gasteiger partial charge in [-0.1, -0.05) is 6.92 Å². The fraction of sp³-hybridized carbons (Fsp3) is 0.400. The number of hydrogen-bond acceptors (Lipinski definition) is 2. The predicted molar refractivity (Wildman–Crippen MR) is 55.6 cm³/mol. The molecule has 0 aliphatic heterocycles. The van der Waals surface area contributed by atoms with Crippen LogP contribution in [0.2, 0.25) is 0 Å². The molecule has 78 valence electrons. The van der Waals surface area contributed by atoms with E-state index in [-0.39, 0.29) is 18.0 Å². The van der Waals surface area contributed by atoms with Crippen LogP contribution < -0.4 is 5.73 Å². The highest BCUT2D eigenvalue weighted by molar-refractivity contribution is 7.98. The van der Waals surface area contributed by atoms with Gasteiger partial charge in [0.15, 0.2) is 0 Å². The number of nitrogens with two attached hydrogens (primary N) is 1. The number of thioether (sulfide) groups is 1. The van der Waals surface area contributed by atoms with E-state index in [9.17, 15) is 8.78 Å². The average Bonchev–Trinajstić information content (AvgIpc) is 2.18. The molecule has 1 rings (SSSR count). The first-order valence-corrected chi connectivity index (χ1v) is 5.56.